The van der Waals surface area contributed by atoms with E-state index in [0.717, 1.165) is 0 Å². The number of aliphatic hydroxyl groups excluding tert-OH is 4. The predicted molar refractivity (Wildman–Crippen MR) is 101 cm³/mol. The Morgan fingerprint density at radius 3 is 2.50 bits per heavy atom. The predicted octanol–water partition coefficient (Wildman–Crippen LogP) is -0.584. The zero-order valence-corrected chi connectivity index (χ0v) is 16.6. The van der Waals surface area contributed by atoms with Gasteiger partial charge in [-0.2, -0.15) is 0 Å². The van der Waals surface area contributed by atoms with Crippen LogP contribution in [0.4, 0.5) is 0 Å². The van der Waals surface area contributed by atoms with Gasteiger partial charge < -0.3 is 44.5 Å². The van der Waals surface area contributed by atoms with Crippen LogP contribution in [0.3, 0.4) is 0 Å². The quantitative estimate of drug-likeness (QED) is 0.282. The number of aromatic hydroxyl groups is 1. The molecule has 5 N–H and O–H groups in total. The van der Waals surface area contributed by atoms with Crippen molar-refractivity contribution in [3.05, 3.63) is 35.4 Å². The molecule has 1 saturated heterocycles. The minimum Gasteiger partial charge on any atom is -0.507 e. The number of hydrogen-bond donors (Lipinski definition) is 5. The zero-order chi connectivity index (χ0) is 22.2. The van der Waals surface area contributed by atoms with Crippen LogP contribution >= 0.6 is 0 Å². The van der Waals surface area contributed by atoms with Crippen molar-refractivity contribution < 1.29 is 49.3 Å². The molecule has 2 aliphatic rings. The number of Topliss-reactive ketones (excluding diaryl/α,β-unsaturated/α-hetero) is 1. The summed E-state index contributed by atoms with van der Waals surface area (Å²) in [6.45, 7) is 4.52. The number of carbonyl (C=O) groups excluding carboxylic acids is 1. The monoisotopic (exact) mass is 426 g/mol. The van der Waals surface area contributed by atoms with Crippen LogP contribution in [0.15, 0.2) is 24.3 Å². The fraction of sp³-hybridized carbons (Fsp3) is 0.550. The SMILES string of the molecule is C=C(CO[C@@H]1O[C@H](CO)[C@@H](O)[C@H](O)[C@H]1O)[C@H]1Oc2cc(C(C)=O)c(O)cc2[C@@H]1OC. The molecule has 0 saturated carbocycles. The Kier molecular flexibility index (Phi) is 6.78. The van der Waals surface area contributed by atoms with Crippen LogP contribution in [0.1, 0.15) is 28.9 Å². The smallest absolute Gasteiger partial charge is 0.187 e. The average molecular weight is 426 g/mol. The number of rotatable bonds is 7. The Labute approximate surface area is 172 Å². The lowest BCUT2D eigenvalue weighted by Gasteiger charge is -2.39. The first-order chi connectivity index (χ1) is 14.2. The molecule has 166 valence electrons. The molecule has 3 rings (SSSR count). The first-order valence-electron chi connectivity index (χ1n) is 9.36. The first-order valence-corrected chi connectivity index (χ1v) is 9.36. The molecule has 7 atom stereocenters. The summed E-state index contributed by atoms with van der Waals surface area (Å²) < 4.78 is 22.2. The fourth-order valence-corrected chi connectivity index (χ4v) is 3.58. The Bertz CT molecular complexity index is 807. The molecule has 0 unspecified atom stereocenters. The second-order valence-electron chi connectivity index (χ2n) is 7.32. The van der Waals surface area contributed by atoms with Gasteiger partial charge >= 0.3 is 0 Å². The number of methoxy groups -OCH3 is 1. The molecule has 0 radical (unpaired) electrons. The van der Waals surface area contributed by atoms with Crippen molar-refractivity contribution in [2.45, 2.75) is 49.8 Å². The molecule has 0 bridgehead atoms. The van der Waals surface area contributed by atoms with Crippen LogP contribution in [0.5, 0.6) is 11.5 Å². The van der Waals surface area contributed by atoms with Crippen molar-refractivity contribution >= 4 is 5.78 Å². The lowest BCUT2D eigenvalue weighted by Crippen LogP contribution is -2.59. The third-order valence-corrected chi connectivity index (χ3v) is 5.28. The molecule has 0 spiro atoms. The number of phenols is 1. The van der Waals surface area contributed by atoms with E-state index in [1.165, 1.54) is 26.2 Å². The molecule has 10 nitrogen and oxygen atoms in total. The van der Waals surface area contributed by atoms with Crippen molar-refractivity contribution in [1.29, 1.82) is 0 Å². The molecule has 1 aromatic carbocycles. The van der Waals surface area contributed by atoms with Gasteiger partial charge in [-0.3, -0.25) is 4.79 Å². The normalized spacial score (nSPS) is 33.1. The van der Waals surface area contributed by atoms with Gasteiger partial charge in [0.25, 0.3) is 0 Å². The van der Waals surface area contributed by atoms with Crippen LogP contribution in [-0.4, -0.2) is 88.4 Å². The number of aliphatic hydroxyl groups is 4. The van der Waals surface area contributed by atoms with E-state index in [-0.39, 0.29) is 23.7 Å². The molecule has 1 fully saturated rings. The number of hydrogen-bond acceptors (Lipinski definition) is 10. The van der Waals surface area contributed by atoms with Gasteiger partial charge in [0.15, 0.2) is 18.2 Å². The summed E-state index contributed by atoms with van der Waals surface area (Å²) in [5.41, 5.74) is 1.06. The molecular formula is C20H26O10. The highest BCUT2D eigenvalue weighted by Gasteiger charge is 2.44. The van der Waals surface area contributed by atoms with Crippen LogP contribution in [0.2, 0.25) is 0 Å². The second-order valence-corrected chi connectivity index (χ2v) is 7.32. The largest absolute Gasteiger partial charge is 0.507 e. The van der Waals surface area contributed by atoms with Crippen molar-refractivity contribution in [2.24, 2.45) is 0 Å². The third kappa shape index (κ3) is 4.08. The zero-order valence-electron chi connectivity index (χ0n) is 16.6. The summed E-state index contributed by atoms with van der Waals surface area (Å²) in [5.74, 6) is -0.138. The minimum atomic E-state index is -1.55. The van der Waals surface area contributed by atoms with E-state index in [2.05, 4.69) is 6.58 Å². The number of fused-ring (bicyclic) bond motifs is 1. The van der Waals surface area contributed by atoms with Gasteiger partial charge in [-0.05, 0) is 24.6 Å². The lowest BCUT2D eigenvalue weighted by atomic mass is 9.98. The Balaban J connectivity index is 1.70. The van der Waals surface area contributed by atoms with E-state index in [0.29, 0.717) is 16.9 Å². The minimum absolute atomic E-state index is 0.118. The second kappa shape index (κ2) is 8.98. The first kappa shape index (κ1) is 22.6. The molecule has 2 aliphatic heterocycles. The number of ketones is 1. The molecule has 1 aromatic rings. The Morgan fingerprint density at radius 1 is 1.20 bits per heavy atom. The molecular weight excluding hydrogens is 400 g/mol. The summed E-state index contributed by atoms with van der Waals surface area (Å²) in [7, 11) is 1.46. The van der Waals surface area contributed by atoms with Gasteiger partial charge in [0, 0.05) is 12.7 Å². The van der Waals surface area contributed by atoms with Crippen molar-refractivity contribution in [2.75, 3.05) is 20.3 Å². The summed E-state index contributed by atoms with van der Waals surface area (Å²) in [6.07, 6.45) is -8.31. The highest BCUT2D eigenvalue weighted by atomic mass is 16.7. The fourth-order valence-electron chi connectivity index (χ4n) is 3.58. The molecule has 2 heterocycles. The average Bonchev–Trinajstić information content (AvgIpc) is 3.08. The highest BCUT2D eigenvalue weighted by molar-refractivity contribution is 5.97. The van der Waals surface area contributed by atoms with E-state index < -0.39 is 49.5 Å². The molecule has 0 amide bonds. The summed E-state index contributed by atoms with van der Waals surface area (Å²) in [5, 5.41) is 49.1. The number of ether oxygens (including phenoxy) is 4. The maximum Gasteiger partial charge on any atom is 0.187 e. The van der Waals surface area contributed by atoms with Crippen molar-refractivity contribution in [3.8, 4) is 11.5 Å². The standard InChI is InChI=1S/C20H26O10/c1-8(7-28-20-17(26)16(25)15(24)14(6-21)30-20)18-19(27-3)11-4-12(23)10(9(2)22)5-13(11)29-18/h4-5,14-21,23-26H,1,6-7H2,2-3H3/t14-,15-,16+,17-,18-,19+,20-/m1/s1. The maximum absolute atomic E-state index is 11.7. The third-order valence-electron chi connectivity index (χ3n) is 5.28. The van der Waals surface area contributed by atoms with E-state index in [4.69, 9.17) is 18.9 Å². The maximum atomic E-state index is 11.7. The number of phenolic OH excluding ortho intramolecular Hbond substituents is 1. The van der Waals surface area contributed by atoms with E-state index in [9.17, 15) is 30.3 Å². The summed E-state index contributed by atoms with van der Waals surface area (Å²) in [4.78, 5) is 11.7. The summed E-state index contributed by atoms with van der Waals surface area (Å²) in [6, 6.07) is 2.84. The van der Waals surface area contributed by atoms with E-state index >= 15 is 0 Å². The highest BCUT2D eigenvalue weighted by Crippen LogP contribution is 2.44. The van der Waals surface area contributed by atoms with Crippen molar-refractivity contribution in [3.63, 3.8) is 0 Å². The Morgan fingerprint density at radius 2 is 1.90 bits per heavy atom. The van der Waals surface area contributed by atoms with E-state index in [1.807, 2.05) is 0 Å². The van der Waals surface area contributed by atoms with Gasteiger partial charge in [-0.25, -0.2) is 0 Å². The van der Waals surface area contributed by atoms with Crippen LogP contribution in [-0.2, 0) is 14.2 Å². The van der Waals surface area contributed by atoms with E-state index in [1.54, 1.807) is 0 Å². The molecule has 0 aromatic heterocycles. The van der Waals surface area contributed by atoms with Crippen LogP contribution in [0.25, 0.3) is 0 Å². The summed E-state index contributed by atoms with van der Waals surface area (Å²) >= 11 is 0. The topological polar surface area (TPSA) is 155 Å². The van der Waals surface area contributed by atoms with Crippen LogP contribution in [0, 0.1) is 0 Å². The van der Waals surface area contributed by atoms with Crippen LogP contribution < -0.4 is 4.74 Å². The number of carbonyl (C=O) groups is 1. The van der Waals surface area contributed by atoms with Crippen molar-refractivity contribution in [1.82, 2.24) is 0 Å². The Hall–Kier alpha value is -2.05. The van der Waals surface area contributed by atoms with Gasteiger partial charge in [0.1, 0.15) is 42.0 Å². The molecule has 10 heteroatoms. The lowest BCUT2D eigenvalue weighted by molar-refractivity contribution is -0.299. The molecule has 0 aliphatic carbocycles. The number of benzene rings is 1. The van der Waals surface area contributed by atoms with Gasteiger partial charge in [0.2, 0.25) is 0 Å². The van der Waals surface area contributed by atoms with Gasteiger partial charge in [-0.15, -0.1) is 0 Å². The van der Waals surface area contributed by atoms with Gasteiger partial charge in [-0.1, -0.05) is 6.58 Å². The van der Waals surface area contributed by atoms with Gasteiger partial charge in [0.05, 0.1) is 18.8 Å². The molecule has 30 heavy (non-hydrogen) atoms.